The van der Waals surface area contributed by atoms with Crippen LogP contribution >= 0.6 is 0 Å². The molecular weight excluding hydrogens is 803 g/mol. The van der Waals surface area contributed by atoms with Crippen molar-refractivity contribution in [1.29, 1.82) is 5.26 Å². The molecule has 0 bridgehead atoms. The van der Waals surface area contributed by atoms with E-state index in [0.717, 1.165) is 66.8 Å². The van der Waals surface area contributed by atoms with Crippen molar-refractivity contribution in [2.75, 3.05) is 0 Å². The fraction of sp³-hybridized carbons (Fsp3) is 0.0492. The zero-order valence-corrected chi connectivity index (χ0v) is 36.4. The van der Waals surface area contributed by atoms with Crippen LogP contribution < -0.4 is 0 Å². The first-order chi connectivity index (χ1) is 32.4. The van der Waals surface area contributed by atoms with Crippen LogP contribution in [0.5, 0.6) is 0 Å². The maximum Gasteiger partial charge on any atom is 0.164 e. The van der Waals surface area contributed by atoms with Gasteiger partial charge in [-0.2, -0.15) is 5.26 Å². The van der Waals surface area contributed by atoms with Gasteiger partial charge in [-0.25, -0.2) is 15.0 Å². The maximum absolute atomic E-state index is 10.6. The zero-order chi connectivity index (χ0) is 44.4. The second-order valence-electron chi connectivity index (χ2n) is 17.6. The summed E-state index contributed by atoms with van der Waals surface area (Å²) >= 11 is 0. The van der Waals surface area contributed by atoms with E-state index in [2.05, 4.69) is 140 Å². The molecule has 12 rings (SSSR count). The van der Waals surface area contributed by atoms with Crippen LogP contribution in [-0.2, 0) is 5.41 Å². The van der Waals surface area contributed by atoms with Crippen molar-refractivity contribution in [2.45, 2.75) is 19.3 Å². The van der Waals surface area contributed by atoms with E-state index in [1.54, 1.807) is 0 Å². The minimum Gasteiger partial charge on any atom is -0.309 e. The molecule has 9 aromatic carbocycles. The van der Waals surface area contributed by atoms with Crippen LogP contribution in [0.3, 0.4) is 0 Å². The molecule has 0 radical (unpaired) electrons. The Bertz CT molecular complexity index is 3660. The monoisotopic (exact) mass is 843 g/mol. The Hall–Kier alpha value is -8.72. The summed E-state index contributed by atoms with van der Waals surface area (Å²) < 4.78 is 2.42. The molecule has 1 aliphatic carbocycles. The van der Waals surface area contributed by atoms with Crippen molar-refractivity contribution in [2.24, 2.45) is 0 Å². The summed E-state index contributed by atoms with van der Waals surface area (Å²) in [5.41, 5.74) is 17.4. The second-order valence-corrected chi connectivity index (χ2v) is 17.6. The highest BCUT2D eigenvalue weighted by Gasteiger charge is 2.36. The van der Waals surface area contributed by atoms with E-state index in [9.17, 15) is 5.26 Å². The number of nitriles is 1. The Kier molecular flexibility index (Phi) is 9.15. The van der Waals surface area contributed by atoms with Crippen LogP contribution in [0.2, 0.25) is 0 Å². The van der Waals surface area contributed by atoms with Crippen molar-refractivity contribution >= 4 is 21.8 Å². The van der Waals surface area contributed by atoms with E-state index < -0.39 is 0 Å². The lowest BCUT2D eigenvalue weighted by atomic mass is 9.82. The van der Waals surface area contributed by atoms with Gasteiger partial charge in [-0.15, -0.1) is 0 Å². The van der Waals surface area contributed by atoms with Gasteiger partial charge in [-0.3, -0.25) is 0 Å². The molecular formula is C61H41N5. The first kappa shape index (κ1) is 38.9. The minimum atomic E-state index is -0.204. The smallest absolute Gasteiger partial charge is 0.164 e. The highest BCUT2D eigenvalue weighted by molar-refractivity contribution is 6.12. The highest BCUT2D eigenvalue weighted by Crippen LogP contribution is 2.51. The lowest BCUT2D eigenvalue weighted by Crippen LogP contribution is -2.15. The molecule has 11 aromatic rings. The lowest BCUT2D eigenvalue weighted by molar-refractivity contribution is 0.661. The maximum atomic E-state index is 10.6. The molecule has 0 saturated carbocycles. The summed E-state index contributed by atoms with van der Waals surface area (Å²) in [4.78, 5) is 15.5. The number of benzene rings is 9. The average molecular weight is 844 g/mol. The SMILES string of the molecule is CC1(C)c2ccccc2-c2cc3c4ccc(-c5ccccc5)cc4n(-c4cc(-c5ccc(-c6ccccc6)c(C#N)c5)cc(-c5nc(-c6ccccc6)nc(-c6ccccc6)n5)c4)c3cc21. The topological polar surface area (TPSA) is 67.4 Å². The van der Waals surface area contributed by atoms with Gasteiger partial charge in [0.2, 0.25) is 0 Å². The van der Waals surface area contributed by atoms with Crippen molar-refractivity contribution in [3.8, 4) is 90.4 Å². The molecule has 2 heterocycles. The molecule has 5 nitrogen and oxygen atoms in total. The summed E-state index contributed by atoms with van der Waals surface area (Å²) in [6.07, 6.45) is 0. The molecule has 0 unspecified atom stereocenters. The Morgan fingerprint density at radius 1 is 0.379 bits per heavy atom. The molecule has 0 fully saturated rings. The average Bonchev–Trinajstić information content (AvgIpc) is 3.82. The summed E-state index contributed by atoms with van der Waals surface area (Å²) in [5.74, 6) is 1.73. The predicted octanol–water partition coefficient (Wildman–Crippen LogP) is 15.1. The summed E-state index contributed by atoms with van der Waals surface area (Å²) in [6.45, 7) is 4.67. The molecule has 0 saturated heterocycles. The van der Waals surface area contributed by atoms with Gasteiger partial charge in [0.1, 0.15) is 0 Å². The van der Waals surface area contributed by atoms with Gasteiger partial charge in [0.05, 0.1) is 22.7 Å². The van der Waals surface area contributed by atoms with E-state index in [0.29, 0.717) is 23.0 Å². The number of nitrogens with zero attached hydrogens (tertiary/aromatic N) is 5. The Morgan fingerprint density at radius 3 is 1.56 bits per heavy atom. The van der Waals surface area contributed by atoms with Gasteiger partial charge in [0.15, 0.2) is 17.5 Å². The molecule has 0 aliphatic heterocycles. The third-order valence-electron chi connectivity index (χ3n) is 13.3. The number of rotatable bonds is 7. The molecule has 5 heteroatoms. The van der Waals surface area contributed by atoms with Crippen LogP contribution in [-0.4, -0.2) is 19.5 Å². The predicted molar refractivity (Wildman–Crippen MR) is 269 cm³/mol. The van der Waals surface area contributed by atoms with E-state index >= 15 is 0 Å². The number of hydrogen-bond acceptors (Lipinski definition) is 4. The zero-order valence-electron chi connectivity index (χ0n) is 36.4. The van der Waals surface area contributed by atoms with Crippen molar-refractivity contribution < 1.29 is 0 Å². The van der Waals surface area contributed by atoms with Crippen LogP contribution in [0.25, 0.3) is 106 Å². The minimum absolute atomic E-state index is 0.204. The normalized spacial score (nSPS) is 12.5. The van der Waals surface area contributed by atoms with Gasteiger partial charge in [0, 0.05) is 38.6 Å². The van der Waals surface area contributed by atoms with Crippen LogP contribution in [0.1, 0.15) is 30.5 Å². The molecule has 66 heavy (non-hydrogen) atoms. The van der Waals surface area contributed by atoms with Crippen LogP contribution in [0.4, 0.5) is 0 Å². The first-order valence-electron chi connectivity index (χ1n) is 22.3. The Labute approximate surface area is 383 Å². The van der Waals surface area contributed by atoms with Gasteiger partial charge in [-0.1, -0.05) is 184 Å². The number of aromatic nitrogens is 4. The van der Waals surface area contributed by atoms with E-state index in [4.69, 9.17) is 15.0 Å². The third-order valence-corrected chi connectivity index (χ3v) is 13.3. The highest BCUT2D eigenvalue weighted by atomic mass is 15.0. The molecule has 2 aromatic heterocycles. The summed E-state index contributed by atoms with van der Waals surface area (Å²) in [6, 6.07) is 76.7. The van der Waals surface area contributed by atoms with Crippen molar-refractivity contribution in [1.82, 2.24) is 19.5 Å². The molecule has 310 valence electrons. The number of hydrogen-bond donors (Lipinski definition) is 0. The van der Waals surface area contributed by atoms with Gasteiger partial charge >= 0.3 is 0 Å². The fourth-order valence-corrected chi connectivity index (χ4v) is 9.96. The second kappa shape index (κ2) is 15.5. The summed E-state index contributed by atoms with van der Waals surface area (Å²) in [7, 11) is 0. The van der Waals surface area contributed by atoms with Gasteiger partial charge in [0.25, 0.3) is 0 Å². The van der Waals surface area contributed by atoms with Gasteiger partial charge < -0.3 is 4.57 Å². The molecule has 1 aliphatic rings. The quantitative estimate of drug-likeness (QED) is 0.160. The molecule has 0 spiro atoms. The standard InChI is InChI=1S/C61H41N5/c1-61(2)54-26-16-15-25-50(54)52-36-53-51-30-28-44(39-17-7-3-8-18-39)35-56(51)66(57(53)37-55(52)61)48-33-45(43-27-29-49(47(31-43)38-62)40-19-9-4-10-20-40)32-46(34-48)60-64-58(41-21-11-5-12-22-41)63-59(65-60)42-23-13-6-14-24-42/h3-37H,1-2H3. The van der Waals surface area contributed by atoms with Crippen molar-refractivity contribution in [3.05, 3.63) is 229 Å². The van der Waals surface area contributed by atoms with Crippen molar-refractivity contribution in [3.63, 3.8) is 0 Å². The largest absolute Gasteiger partial charge is 0.309 e. The van der Waals surface area contributed by atoms with Crippen LogP contribution in [0, 0.1) is 11.3 Å². The summed E-state index contributed by atoms with van der Waals surface area (Å²) in [5, 5.41) is 13.0. The molecule has 0 atom stereocenters. The van der Waals surface area contributed by atoms with Crippen LogP contribution in [0.15, 0.2) is 212 Å². The molecule has 0 amide bonds. The lowest BCUT2D eigenvalue weighted by Gasteiger charge is -2.22. The van der Waals surface area contributed by atoms with E-state index in [1.807, 2.05) is 97.1 Å². The Morgan fingerprint density at radius 2 is 0.909 bits per heavy atom. The molecule has 0 N–H and O–H groups in total. The third kappa shape index (κ3) is 6.50. The number of fused-ring (bicyclic) bond motifs is 6. The van der Waals surface area contributed by atoms with E-state index in [-0.39, 0.29) is 5.41 Å². The van der Waals surface area contributed by atoms with E-state index in [1.165, 1.54) is 33.0 Å². The first-order valence-corrected chi connectivity index (χ1v) is 22.3. The van der Waals surface area contributed by atoms with Gasteiger partial charge in [-0.05, 0) is 98.1 Å². The fourth-order valence-electron chi connectivity index (χ4n) is 9.96. The Balaban J connectivity index is 1.16.